The molecule has 6 rings (SSSR count). The molecule has 0 N–H and O–H groups in total. The van der Waals surface area contributed by atoms with Crippen LogP contribution in [0.5, 0.6) is 17.2 Å². The van der Waals surface area contributed by atoms with Crippen molar-refractivity contribution in [3.05, 3.63) is 153 Å². The molecule has 1 aliphatic rings. The van der Waals surface area contributed by atoms with E-state index in [2.05, 4.69) is 52.9 Å². The second-order valence-electron chi connectivity index (χ2n) is 9.45. The molecule has 1 heterocycles. The Morgan fingerprint density at radius 1 is 0.700 bits per heavy atom. The Labute approximate surface area is 251 Å². The monoisotopic (exact) mass is 660 g/mol. The molecule has 3 nitrogen and oxygen atoms in total. The van der Waals surface area contributed by atoms with E-state index in [0.29, 0.717) is 17.3 Å². The van der Waals surface area contributed by atoms with Gasteiger partial charge in [-0.05, 0) is 81.2 Å². The molecule has 2 atom stereocenters. The first-order valence-electron chi connectivity index (χ1n) is 13.0. The van der Waals surface area contributed by atoms with Gasteiger partial charge in [-0.3, -0.25) is 0 Å². The van der Waals surface area contributed by atoms with Crippen LogP contribution in [0.2, 0.25) is 0 Å². The van der Waals surface area contributed by atoms with E-state index in [1.54, 1.807) is 12.1 Å². The van der Waals surface area contributed by atoms with Gasteiger partial charge in [0.05, 0.1) is 10.1 Å². The van der Waals surface area contributed by atoms with E-state index in [9.17, 15) is 0 Å². The molecular formula is C34H26FIO3S. The Hall–Kier alpha value is -3.49. The van der Waals surface area contributed by atoms with Crippen LogP contribution in [0.25, 0.3) is 0 Å². The van der Waals surface area contributed by atoms with E-state index in [1.807, 2.05) is 78.9 Å². The highest BCUT2D eigenvalue weighted by molar-refractivity contribution is 14.1. The minimum absolute atomic E-state index is 0.202. The third-order valence-corrected chi connectivity index (χ3v) is 8.78. The molecular weight excluding hydrogens is 634 g/mol. The second kappa shape index (κ2) is 12.4. The lowest BCUT2D eigenvalue weighted by Crippen LogP contribution is -2.20. The summed E-state index contributed by atoms with van der Waals surface area (Å²) in [5, 5.41) is -0.202. The van der Waals surface area contributed by atoms with Crippen molar-refractivity contribution in [3.8, 4) is 17.2 Å². The molecule has 0 aliphatic carbocycles. The van der Waals surface area contributed by atoms with Crippen molar-refractivity contribution >= 4 is 34.4 Å². The molecule has 0 amide bonds. The number of fused-ring (bicyclic) bond motifs is 1. The number of thioether (sulfide) groups is 1. The first-order valence-corrected chi connectivity index (χ1v) is 14.9. The Bertz CT molecular complexity index is 1580. The van der Waals surface area contributed by atoms with Crippen molar-refractivity contribution in [3.63, 3.8) is 0 Å². The van der Waals surface area contributed by atoms with Crippen molar-refractivity contribution in [1.29, 1.82) is 0 Å². The maximum Gasteiger partial charge on any atom is 0.182 e. The second-order valence-corrected chi connectivity index (χ2v) is 11.9. The zero-order valence-corrected chi connectivity index (χ0v) is 24.5. The molecule has 0 fully saturated rings. The van der Waals surface area contributed by atoms with Crippen LogP contribution in [-0.2, 0) is 13.2 Å². The summed E-state index contributed by atoms with van der Waals surface area (Å²) in [5.74, 6) is 1.09. The normalized spacial score (nSPS) is 16.1. The van der Waals surface area contributed by atoms with Gasteiger partial charge in [0.1, 0.15) is 30.8 Å². The zero-order chi connectivity index (χ0) is 27.3. The number of ether oxygens (including phenoxy) is 3. The molecule has 1 unspecified atom stereocenters. The Morgan fingerprint density at radius 3 is 2.08 bits per heavy atom. The lowest BCUT2D eigenvalue weighted by molar-refractivity contribution is 0.187. The van der Waals surface area contributed by atoms with E-state index in [0.717, 1.165) is 31.6 Å². The maximum atomic E-state index is 15.9. The molecule has 6 heteroatoms. The average molecular weight is 661 g/mol. The van der Waals surface area contributed by atoms with Gasteiger partial charge in [0.15, 0.2) is 11.6 Å². The Kier molecular flexibility index (Phi) is 8.25. The quantitative estimate of drug-likeness (QED) is 0.155. The van der Waals surface area contributed by atoms with Gasteiger partial charge < -0.3 is 14.2 Å². The van der Waals surface area contributed by atoms with Gasteiger partial charge in [-0.25, -0.2) is 4.39 Å². The van der Waals surface area contributed by atoms with Crippen molar-refractivity contribution in [2.45, 2.75) is 29.5 Å². The SMILES string of the molecule is Fc1c(OCc2ccccc2)ccc2c1S[C@@H](c1cccc(OCc3ccccc3)c1)C(c1ccc(I)cc1)O2. The number of halogens is 2. The van der Waals surface area contributed by atoms with Gasteiger partial charge in [-0.15, -0.1) is 11.8 Å². The lowest BCUT2D eigenvalue weighted by atomic mass is 10.00. The van der Waals surface area contributed by atoms with E-state index < -0.39 is 5.82 Å². The third kappa shape index (κ3) is 6.13. The van der Waals surface area contributed by atoms with E-state index in [-0.39, 0.29) is 23.7 Å². The van der Waals surface area contributed by atoms with Crippen LogP contribution in [0.15, 0.2) is 126 Å². The predicted octanol–water partition coefficient (Wildman–Crippen LogP) is 9.56. The minimum atomic E-state index is -0.402. The van der Waals surface area contributed by atoms with Gasteiger partial charge in [0, 0.05) is 3.57 Å². The molecule has 5 aromatic rings. The molecule has 0 bridgehead atoms. The first-order chi connectivity index (χ1) is 19.6. The highest BCUT2D eigenvalue weighted by Gasteiger charge is 2.36. The predicted molar refractivity (Wildman–Crippen MR) is 166 cm³/mol. The Morgan fingerprint density at radius 2 is 1.38 bits per heavy atom. The van der Waals surface area contributed by atoms with Gasteiger partial charge in [0.2, 0.25) is 0 Å². The number of benzene rings is 5. The van der Waals surface area contributed by atoms with Gasteiger partial charge in [-0.1, -0.05) is 84.9 Å². The van der Waals surface area contributed by atoms with Crippen LogP contribution in [0.4, 0.5) is 4.39 Å². The van der Waals surface area contributed by atoms with Crippen LogP contribution < -0.4 is 14.2 Å². The fraction of sp³-hybridized carbons (Fsp3) is 0.118. The van der Waals surface area contributed by atoms with Crippen molar-refractivity contribution < 1.29 is 18.6 Å². The highest BCUT2D eigenvalue weighted by Crippen LogP contribution is 2.55. The topological polar surface area (TPSA) is 27.7 Å². The average Bonchev–Trinajstić information content (AvgIpc) is 3.01. The van der Waals surface area contributed by atoms with Gasteiger partial charge in [0.25, 0.3) is 0 Å². The lowest BCUT2D eigenvalue weighted by Gasteiger charge is -2.34. The summed E-state index contributed by atoms with van der Waals surface area (Å²) < 4.78 is 35.5. The summed E-state index contributed by atoms with van der Waals surface area (Å²) >= 11 is 3.76. The molecule has 0 spiro atoms. The maximum absolute atomic E-state index is 15.9. The summed E-state index contributed by atoms with van der Waals surface area (Å²) in [5.41, 5.74) is 4.11. The standard InChI is InChI=1S/C34H26FIO3S/c35-31-29(38-22-24-10-5-2-6-11-24)18-19-30-34(31)40-33(32(39-30)25-14-16-27(36)17-15-25)26-12-7-13-28(20-26)37-21-23-8-3-1-4-9-23/h1-20,32-33H,21-22H2/t32?,33-/m0/s1. The summed E-state index contributed by atoms with van der Waals surface area (Å²) in [7, 11) is 0. The molecule has 0 radical (unpaired) electrons. The largest absolute Gasteiger partial charge is 0.489 e. The van der Waals surface area contributed by atoms with Crippen LogP contribution >= 0.6 is 34.4 Å². The number of rotatable bonds is 8. The summed E-state index contributed by atoms with van der Waals surface area (Å²) in [6, 6.07) is 39.6. The number of hydrogen-bond acceptors (Lipinski definition) is 4. The highest BCUT2D eigenvalue weighted by atomic mass is 127. The summed E-state index contributed by atoms with van der Waals surface area (Å²) in [4.78, 5) is 0.452. The van der Waals surface area contributed by atoms with E-state index >= 15 is 4.39 Å². The van der Waals surface area contributed by atoms with Crippen LogP contribution in [0.3, 0.4) is 0 Å². The molecule has 0 saturated carbocycles. The number of hydrogen-bond donors (Lipinski definition) is 0. The van der Waals surface area contributed by atoms with Gasteiger partial charge in [-0.2, -0.15) is 0 Å². The minimum Gasteiger partial charge on any atom is -0.489 e. The molecule has 40 heavy (non-hydrogen) atoms. The molecule has 0 aromatic heterocycles. The van der Waals surface area contributed by atoms with Crippen LogP contribution in [0.1, 0.15) is 33.6 Å². The fourth-order valence-corrected chi connectivity index (χ4v) is 6.29. The van der Waals surface area contributed by atoms with E-state index in [1.165, 1.54) is 11.8 Å². The van der Waals surface area contributed by atoms with Crippen molar-refractivity contribution in [2.24, 2.45) is 0 Å². The molecule has 200 valence electrons. The Balaban J connectivity index is 1.30. The van der Waals surface area contributed by atoms with Gasteiger partial charge >= 0.3 is 0 Å². The van der Waals surface area contributed by atoms with Crippen LogP contribution in [-0.4, -0.2) is 0 Å². The zero-order valence-electron chi connectivity index (χ0n) is 21.5. The molecule has 5 aromatic carbocycles. The first kappa shape index (κ1) is 26.7. The van der Waals surface area contributed by atoms with Crippen molar-refractivity contribution in [2.75, 3.05) is 0 Å². The van der Waals surface area contributed by atoms with Crippen LogP contribution in [0, 0.1) is 9.39 Å². The van der Waals surface area contributed by atoms with Crippen molar-refractivity contribution in [1.82, 2.24) is 0 Å². The summed E-state index contributed by atoms with van der Waals surface area (Å²) in [6.45, 7) is 0.760. The summed E-state index contributed by atoms with van der Waals surface area (Å²) in [6.07, 6.45) is -0.311. The van der Waals surface area contributed by atoms with E-state index in [4.69, 9.17) is 14.2 Å². The third-order valence-electron chi connectivity index (χ3n) is 6.67. The molecule has 1 aliphatic heterocycles. The smallest absolute Gasteiger partial charge is 0.182 e. The molecule has 0 saturated heterocycles. The fourth-order valence-electron chi connectivity index (χ4n) is 4.62.